The second kappa shape index (κ2) is 11.8. The Morgan fingerprint density at radius 3 is 1.67 bits per heavy atom. The van der Waals surface area contributed by atoms with Crippen LogP contribution in [0.4, 0.5) is 0 Å². The van der Waals surface area contributed by atoms with Crippen molar-refractivity contribution >= 4 is 87.5 Å². The fourth-order valence-corrected chi connectivity index (χ4v) is 9.63. The Balaban J connectivity index is 1.16. The molecule has 4 heteroatoms. The Labute approximate surface area is 332 Å². The van der Waals surface area contributed by atoms with E-state index in [2.05, 4.69) is 185 Å². The van der Waals surface area contributed by atoms with Gasteiger partial charge in [-0.3, -0.25) is 0 Å². The quantitative estimate of drug-likeness (QED) is 0.180. The third kappa shape index (κ3) is 4.34. The Bertz CT molecular complexity index is 3780. The summed E-state index contributed by atoms with van der Waals surface area (Å²) in [5, 5.41) is 9.29. The van der Waals surface area contributed by atoms with Crippen LogP contribution in [0.2, 0.25) is 0 Å². The normalized spacial score (nSPS) is 12.1. The van der Waals surface area contributed by atoms with Gasteiger partial charge >= 0.3 is 0 Å². The third-order valence-electron chi connectivity index (χ3n) is 12.1. The largest absolute Gasteiger partial charge is 0.456 e. The van der Waals surface area contributed by atoms with Crippen molar-refractivity contribution in [2.24, 2.45) is 0 Å². The van der Waals surface area contributed by atoms with Crippen molar-refractivity contribution in [3.05, 3.63) is 194 Å². The number of rotatable bonds is 4. The Kier molecular flexibility index (Phi) is 6.41. The standard InChI is InChI=1S/C54H32N2O2/c1-2-12-33(13-3-1)34-24-26-35(27-25-34)55-44-20-7-4-16-42(44)52-46(55)29-30-47-53(52)51-39(41-19-10-18-40-37-14-5-9-23-49(37)58-54(40)41)17-11-21-45(51)56(47)36-28-31-50-43(32-36)38-15-6-8-22-48(38)57-50/h1-32H. The molecule has 0 aliphatic rings. The number of fused-ring (bicyclic) bond motifs is 13. The molecule has 0 saturated carbocycles. The van der Waals surface area contributed by atoms with Crippen LogP contribution in [0.25, 0.3) is 121 Å². The van der Waals surface area contributed by atoms with Crippen LogP contribution in [0.1, 0.15) is 0 Å². The van der Waals surface area contributed by atoms with Gasteiger partial charge in [0.15, 0.2) is 0 Å². The first kappa shape index (κ1) is 31.4. The van der Waals surface area contributed by atoms with Crippen molar-refractivity contribution in [1.29, 1.82) is 0 Å². The van der Waals surface area contributed by atoms with E-state index in [0.29, 0.717) is 0 Å². The van der Waals surface area contributed by atoms with Crippen LogP contribution in [0, 0.1) is 0 Å². The predicted octanol–water partition coefficient (Wildman–Crippen LogP) is 15.0. The zero-order chi connectivity index (χ0) is 37.9. The van der Waals surface area contributed by atoms with E-state index in [9.17, 15) is 0 Å². The van der Waals surface area contributed by atoms with Gasteiger partial charge < -0.3 is 18.0 Å². The summed E-state index contributed by atoms with van der Waals surface area (Å²) in [5.74, 6) is 0. The molecule has 0 amide bonds. The second-order valence-electron chi connectivity index (χ2n) is 15.2. The van der Waals surface area contributed by atoms with E-state index in [1.54, 1.807) is 0 Å². The van der Waals surface area contributed by atoms with Crippen LogP contribution >= 0.6 is 0 Å². The van der Waals surface area contributed by atoms with Crippen molar-refractivity contribution in [2.45, 2.75) is 0 Å². The van der Waals surface area contributed by atoms with Crippen molar-refractivity contribution < 1.29 is 8.83 Å². The monoisotopic (exact) mass is 740 g/mol. The number of para-hydroxylation sites is 4. The number of hydrogen-bond acceptors (Lipinski definition) is 2. The van der Waals surface area contributed by atoms with Gasteiger partial charge in [-0.25, -0.2) is 0 Å². The first-order valence-electron chi connectivity index (χ1n) is 19.8. The highest BCUT2D eigenvalue weighted by Crippen LogP contribution is 2.47. The summed E-state index contributed by atoms with van der Waals surface area (Å²) in [6.45, 7) is 0. The van der Waals surface area contributed by atoms with Crippen LogP contribution in [0.15, 0.2) is 203 Å². The van der Waals surface area contributed by atoms with Crippen LogP contribution in [0.3, 0.4) is 0 Å². The highest BCUT2D eigenvalue weighted by atomic mass is 16.3. The van der Waals surface area contributed by atoms with Crippen LogP contribution in [-0.2, 0) is 0 Å². The molecule has 0 spiro atoms. The number of aromatic nitrogens is 2. The molecular formula is C54H32N2O2. The third-order valence-corrected chi connectivity index (χ3v) is 12.1. The van der Waals surface area contributed by atoms with E-state index in [1.807, 2.05) is 18.2 Å². The molecule has 9 aromatic carbocycles. The summed E-state index contributed by atoms with van der Waals surface area (Å²) < 4.78 is 17.9. The lowest BCUT2D eigenvalue weighted by Crippen LogP contribution is -1.95. The lowest BCUT2D eigenvalue weighted by Gasteiger charge is -2.10. The molecular weight excluding hydrogens is 709 g/mol. The minimum Gasteiger partial charge on any atom is -0.456 e. The second-order valence-corrected chi connectivity index (χ2v) is 15.2. The van der Waals surface area contributed by atoms with E-state index < -0.39 is 0 Å². The fourth-order valence-electron chi connectivity index (χ4n) is 9.63. The molecule has 0 bridgehead atoms. The van der Waals surface area contributed by atoms with Crippen molar-refractivity contribution in [2.75, 3.05) is 0 Å². The summed E-state index contributed by atoms with van der Waals surface area (Å²) in [6, 6.07) is 69.5. The van der Waals surface area contributed by atoms with Gasteiger partial charge in [0, 0.05) is 60.0 Å². The average molecular weight is 741 g/mol. The summed E-state index contributed by atoms with van der Waals surface area (Å²) in [5.41, 5.74) is 15.0. The number of furan rings is 2. The summed E-state index contributed by atoms with van der Waals surface area (Å²) >= 11 is 0. The number of hydrogen-bond donors (Lipinski definition) is 0. The molecule has 270 valence electrons. The van der Waals surface area contributed by atoms with Gasteiger partial charge in [0.1, 0.15) is 22.3 Å². The molecule has 4 heterocycles. The predicted molar refractivity (Wildman–Crippen MR) is 241 cm³/mol. The molecule has 0 fully saturated rings. The molecule has 58 heavy (non-hydrogen) atoms. The smallest absolute Gasteiger partial charge is 0.143 e. The highest BCUT2D eigenvalue weighted by Gasteiger charge is 2.24. The average Bonchev–Trinajstić information content (AvgIpc) is 4.04. The molecule has 4 nitrogen and oxygen atoms in total. The van der Waals surface area contributed by atoms with Gasteiger partial charge in [-0.1, -0.05) is 127 Å². The van der Waals surface area contributed by atoms with E-state index in [4.69, 9.17) is 8.83 Å². The molecule has 0 radical (unpaired) electrons. The molecule has 0 atom stereocenters. The SMILES string of the molecule is c1ccc(-c2ccc(-n3c4ccccc4c4c5c6c(-c7cccc8c7oc7ccccc78)cccc6n(-c6ccc7oc8ccccc8c7c6)c5ccc43)cc2)cc1. The zero-order valence-corrected chi connectivity index (χ0v) is 31.2. The molecule has 0 aliphatic heterocycles. The first-order valence-corrected chi connectivity index (χ1v) is 19.8. The topological polar surface area (TPSA) is 36.1 Å². The van der Waals surface area contributed by atoms with Gasteiger partial charge in [-0.15, -0.1) is 0 Å². The maximum absolute atomic E-state index is 6.71. The van der Waals surface area contributed by atoms with Crippen LogP contribution < -0.4 is 0 Å². The van der Waals surface area contributed by atoms with Gasteiger partial charge in [0.05, 0.1) is 22.1 Å². The lowest BCUT2D eigenvalue weighted by atomic mass is 9.96. The zero-order valence-electron chi connectivity index (χ0n) is 31.2. The van der Waals surface area contributed by atoms with E-state index in [0.717, 1.165) is 82.9 Å². The molecule has 13 rings (SSSR count). The first-order chi connectivity index (χ1) is 28.8. The fraction of sp³-hybridized carbons (Fsp3) is 0. The molecule has 13 aromatic rings. The van der Waals surface area contributed by atoms with E-state index >= 15 is 0 Å². The van der Waals surface area contributed by atoms with Crippen molar-refractivity contribution in [3.8, 4) is 33.6 Å². The maximum atomic E-state index is 6.71. The van der Waals surface area contributed by atoms with Gasteiger partial charge in [0.2, 0.25) is 0 Å². The highest BCUT2D eigenvalue weighted by molar-refractivity contribution is 6.32. The van der Waals surface area contributed by atoms with Gasteiger partial charge in [-0.05, 0) is 83.4 Å². The number of benzene rings is 9. The summed E-state index contributed by atoms with van der Waals surface area (Å²) in [4.78, 5) is 0. The van der Waals surface area contributed by atoms with Crippen LogP contribution in [0.5, 0.6) is 0 Å². The van der Waals surface area contributed by atoms with Gasteiger partial charge in [0.25, 0.3) is 0 Å². The molecule has 0 aliphatic carbocycles. The van der Waals surface area contributed by atoms with E-state index in [1.165, 1.54) is 38.2 Å². The van der Waals surface area contributed by atoms with Crippen molar-refractivity contribution in [1.82, 2.24) is 9.13 Å². The Morgan fingerprint density at radius 1 is 0.293 bits per heavy atom. The molecule has 0 saturated heterocycles. The Morgan fingerprint density at radius 2 is 0.845 bits per heavy atom. The maximum Gasteiger partial charge on any atom is 0.143 e. The minimum atomic E-state index is 0.881. The molecule has 0 N–H and O–H groups in total. The summed E-state index contributed by atoms with van der Waals surface area (Å²) in [6.07, 6.45) is 0. The minimum absolute atomic E-state index is 0.881. The lowest BCUT2D eigenvalue weighted by molar-refractivity contribution is 0.669. The van der Waals surface area contributed by atoms with Crippen LogP contribution in [-0.4, -0.2) is 9.13 Å². The van der Waals surface area contributed by atoms with E-state index in [-0.39, 0.29) is 0 Å². The number of nitrogens with zero attached hydrogens (tertiary/aromatic N) is 2. The molecule has 0 unspecified atom stereocenters. The summed E-state index contributed by atoms with van der Waals surface area (Å²) in [7, 11) is 0. The van der Waals surface area contributed by atoms with Gasteiger partial charge in [-0.2, -0.15) is 0 Å². The molecule has 4 aromatic heterocycles. The van der Waals surface area contributed by atoms with Crippen molar-refractivity contribution in [3.63, 3.8) is 0 Å². The Hall–Kier alpha value is -7.82.